The fraction of sp³-hybridized carbons (Fsp3) is 0.222. The molecule has 0 spiro atoms. The zero-order valence-electron chi connectivity index (χ0n) is 8.35. The summed E-state index contributed by atoms with van der Waals surface area (Å²) in [5, 5.41) is 17.5. The van der Waals surface area contributed by atoms with Crippen molar-refractivity contribution in [2.75, 3.05) is 17.7 Å². The standard InChI is InChI=1S/C9H10N4O2/c1-5-7(13(2)9(14)15)3-6(4-10)8(11)12-5/h3H,1-2H3,(H2,11,12)(H,14,15). The van der Waals surface area contributed by atoms with E-state index in [1.54, 1.807) is 6.92 Å². The summed E-state index contributed by atoms with van der Waals surface area (Å²) in [6.45, 7) is 1.63. The van der Waals surface area contributed by atoms with Crippen molar-refractivity contribution in [2.24, 2.45) is 0 Å². The molecular formula is C9H10N4O2. The molecule has 0 aliphatic heterocycles. The number of pyridine rings is 1. The highest BCUT2D eigenvalue weighted by molar-refractivity contribution is 5.86. The predicted octanol–water partition coefficient (Wildman–Crippen LogP) is 0.958. The summed E-state index contributed by atoms with van der Waals surface area (Å²) >= 11 is 0. The maximum absolute atomic E-state index is 10.7. The lowest BCUT2D eigenvalue weighted by Crippen LogP contribution is -2.25. The minimum atomic E-state index is -1.12. The zero-order chi connectivity index (χ0) is 11.6. The highest BCUT2D eigenvalue weighted by Crippen LogP contribution is 2.21. The van der Waals surface area contributed by atoms with Gasteiger partial charge in [0.2, 0.25) is 0 Å². The molecule has 6 nitrogen and oxygen atoms in total. The van der Waals surface area contributed by atoms with Crippen LogP contribution in [0.15, 0.2) is 6.07 Å². The summed E-state index contributed by atoms with van der Waals surface area (Å²) in [4.78, 5) is 15.6. The number of carbonyl (C=O) groups is 1. The summed E-state index contributed by atoms with van der Waals surface area (Å²) in [5.41, 5.74) is 6.47. The molecule has 1 aromatic rings. The van der Waals surface area contributed by atoms with Crippen molar-refractivity contribution in [3.05, 3.63) is 17.3 Å². The average molecular weight is 206 g/mol. The molecule has 15 heavy (non-hydrogen) atoms. The molecule has 1 amide bonds. The first-order valence-corrected chi connectivity index (χ1v) is 4.11. The van der Waals surface area contributed by atoms with Crippen molar-refractivity contribution in [2.45, 2.75) is 6.92 Å². The smallest absolute Gasteiger partial charge is 0.411 e. The van der Waals surface area contributed by atoms with Crippen LogP contribution < -0.4 is 10.6 Å². The molecule has 0 saturated carbocycles. The Kier molecular flexibility index (Phi) is 2.76. The number of hydrogen-bond acceptors (Lipinski definition) is 4. The van der Waals surface area contributed by atoms with Crippen molar-refractivity contribution in [1.82, 2.24) is 4.98 Å². The summed E-state index contributed by atoms with van der Waals surface area (Å²) in [5.74, 6) is 0.109. The molecule has 0 bridgehead atoms. The Balaban J connectivity index is 3.32. The van der Waals surface area contributed by atoms with Crippen LogP contribution in [0.5, 0.6) is 0 Å². The van der Waals surface area contributed by atoms with Gasteiger partial charge in [-0.05, 0) is 13.0 Å². The summed E-state index contributed by atoms with van der Waals surface area (Å²) < 4.78 is 0. The van der Waals surface area contributed by atoms with Crippen molar-refractivity contribution in [1.29, 1.82) is 5.26 Å². The van der Waals surface area contributed by atoms with Crippen molar-refractivity contribution in [3.63, 3.8) is 0 Å². The Hall–Kier alpha value is -2.29. The third kappa shape index (κ3) is 1.96. The topological polar surface area (TPSA) is 103 Å². The van der Waals surface area contributed by atoms with Crippen LogP contribution in [0, 0.1) is 18.3 Å². The van der Waals surface area contributed by atoms with Crippen LogP contribution in [0.1, 0.15) is 11.3 Å². The molecular weight excluding hydrogens is 196 g/mol. The third-order valence-electron chi connectivity index (χ3n) is 1.98. The lowest BCUT2D eigenvalue weighted by Gasteiger charge is -2.15. The first-order chi connectivity index (χ1) is 6.97. The minimum Gasteiger partial charge on any atom is -0.465 e. The lowest BCUT2D eigenvalue weighted by atomic mass is 10.2. The Morgan fingerprint density at radius 1 is 1.73 bits per heavy atom. The van der Waals surface area contributed by atoms with Crippen LogP contribution in [0.4, 0.5) is 16.3 Å². The zero-order valence-corrected chi connectivity index (χ0v) is 8.35. The number of rotatable bonds is 1. The summed E-state index contributed by atoms with van der Waals surface area (Å²) in [6.07, 6.45) is -1.12. The third-order valence-corrected chi connectivity index (χ3v) is 1.98. The molecule has 3 N–H and O–H groups in total. The minimum absolute atomic E-state index is 0.109. The van der Waals surface area contributed by atoms with E-state index in [-0.39, 0.29) is 11.4 Å². The molecule has 1 heterocycles. The van der Waals surface area contributed by atoms with Gasteiger partial charge in [0.15, 0.2) is 0 Å². The van der Waals surface area contributed by atoms with Gasteiger partial charge in [-0.3, -0.25) is 4.90 Å². The van der Waals surface area contributed by atoms with E-state index in [4.69, 9.17) is 16.1 Å². The van der Waals surface area contributed by atoms with Crippen molar-refractivity contribution >= 4 is 17.6 Å². The van der Waals surface area contributed by atoms with E-state index in [1.165, 1.54) is 13.1 Å². The van der Waals surface area contributed by atoms with Gasteiger partial charge in [0.05, 0.1) is 16.9 Å². The van der Waals surface area contributed by atoms with Gasteiger partial charge in [-0.1, -0.05) is 0 Å². The van der Waals surface area contributed by atoms with E-state index >= 15 is 0 Å². The second kappa shape index (κ2) is 3.84. The Morgan fingerprint density at radius 3 is 2.80 bits per heavy atom. The van der Waals surface area contributed by atoms with Crippen LogP contribution in [0.25, 0.3) is 0 Å². The SMILES string of the molecule is Cc1nc(N)c(C#N)cc1N(C)C(=O)O. The number of hydrogen-bond donors (Lipinski definition) is 2. The number of amides is 1. The first-order valence-electron chi connectivity index (χ1n) is 4.11. The predicted molar refractivity (Wildman–Crippen MR) is 54.5 cm³/mol. The molecule has 0 aliphatic rings. The highest BCUT2D eigenvalue weighted by Gasteiger charge is 2.14. The van der Waals surface area contributed by atoms with Crippen molar-refractivity contribution in [3.8, 4) is 6.07 Å². The molecule has 0 unspecified atom stereocenters. The van der Waals surface area contributed by atoms with Gasteiger partial charge in [-0.15, -0.1) is 0 Å². The van der Waals surface area contributed by atoms with Crippen LogP contribution in [0.3, 0.4) is 0 Å². The fourth-order valence-electron chi connectivity index (χ4n) is 1.15. The van der Waals surface area contributed by atoms with Gasteiger partial charge < -0.3 is 10.8 Å². The number of carboxylic acid groups (broad SMARTS) is 1. The normalized spacial score (nSPS) is 9.40. The molecule has 0 aromatic carbocycles. The van der Waals surface area contributed by atoms with Gasteiger partial charge in [-0.25, -0.2) is 9.78 Å². The summed E-state index contributed by atoms with van der Waals surface area (Å²) in [7, 11) is 1.38. The first kappa shape index (κ1) is 10.8. The van der Waals surface area contributed by atoms with Crippen LogP contribution in [-0.2, 0) is 0 Å². The molecule has 1 aromatic heterocycles. The van der Waals surface area contributed by atoms with Gasteiger partial charge >= 0.3 is 6.09 Å². The molecule has 1 rings (SSSR count). The number of aryl methyl sites for hydroxylation is 1. The fourth-order valence-corrected chi connectivity index (χ4v) is 1.15. The number of nitrogens with zero attached hydrogens (tertiary/aromatic N) is 3. The second-order valence-electron chi connectivity index (χ2n) is 2.98. The molecule has 0 atom stereocenters. The maximum Gasteiger partial charge on any atom is 0.411 e. The molecule has 78 valence electrons. The van der Waals surface area contributed by atoms with E-state index in [1.807, 2.05) is 6.07 Å². The lowest BCUT2D eigenvalue weighted by molar-refractivity contribution is 0.203. The van der Waals surface area contributed by atoms with E-state index in [2.05, 4.69) is 4.98 Å². The van der Waals surface area contributed by atoms with E-state index < -0.39 is 6.09 Å². The Morgan fingerprint density at radius 2 is 2.33 bits per heavy atom. The molecule has 6 heteroatoms. The highest BCUT2D eigenvalue weighted by atomic mass is 16.4. The Labute approximate surface area is 86.6 Å². The number of nitriles is 1. The number of nitrogen functional groups attached to an aromatic ring is 1. The molecule has 0 saturated heterocycles. The van der Waals surface area contributed by atoms with Gasteiger partial charge in [0.1, 0.15) is 11.9 Å². The van der Waals surface area contributed by atoms with Crippen molar-refractivity contribution < 1.29 is 9.90 Å². The number of aromatic nitrogens is 1. The van der Waals surface area contributed by atoms with Crippen LogP contribution in [-0.4, -0.2) is 23.2 Å². The second-order valence-corrected chi connectivity index (χ2v) is 2.98. The van der Waals surface area contributed by atoms with Gasteiger partial charge in [0.25, 0.3) is 0 Å². The van der Waals surface area contributed by atoms with Crippen LogP contribution >= 0.6 is 0 Å². The number of nitrogens with two attached hydrogens (primary N) is 1. The average Bonchev–Trinajstić information content (AvgIpc) is 2.17. The largest absolute Gasteiger partial charge is 0.465 e. The molecule has 0 radical (unpaired) electrons. The molecule has 0 fully saturated rings. The number of anilines is 2. The quantitative estimate of drug-likeness (QED) is 0.712. The van der Waals surface area contributed by atoms with Gasteiger partial charge in [0, 0.05) is 7.05 Å². The van der Waals surface area contributed by atoms with Crippen LogP contribution in [0.2, 0.25) is 0 Å². The van der Waals surface area contributed by atoms with E-state index in [0.717, 1.165) is 4.90 Å². The summed E-state index contributed by atoms with van der Waals surface area (Å²) in [6, 6.07) is 3.26. The Bertz CT molecular complexity index is 450. The monoisotopic (exact) mass is 206 g/mol. The van der Waals surface area contributed by atoms with E-state index in [9.17, 15) is 4.79 Å². The van der Waals surface area contributed by atoms with E-state index in [0.29, 0.717) is 11.4 Å². The molecule has 0 aliphatic carbocycles. The van der Waals surface area contributed by atoms with Gasteiger partial charge in [-0.2, -0.15) is 5.26 Å². The maximum atomic E-state index is 10.7.